The van der Waals surface area contributed by atoms with Crippen LogP contribution in [0.5, 0.6) is 0 Å². The molecule has 0 bridgehead atoms. The molecule has 0 fully saturated rings. The van der Waals surface area contributed by atoms with Crippen molar-refractivity contribution in [3.8, 4) is 0 Å². The molecule has 118 valence electrons. The van der Waals surface area contributed by atoms with E-state index in [1.807, 2.05) is 12.1 Å². The zero-order valence-electron chi connectivity index (χ0n) is 12.1. The van der Waals surface area contributed by atoms with E-state index in [0.717, 1.165) is 12.0 Å². The maximum absolute atomic E-state index is 12.2. The largest absolute Gasteiger partial charge is 0.242 e. The minimum atomic E-state index is -3.63. The van der Waals surface area contributed by atoms with Gasteiger partial charge in [-0.1, -0.05) is 54.4 Å². The van der Waals surface area contributed by atoms with Crippen molar-refractivity contribution in [2.24, 2.45) is 0 Å². The molecule has 2 rings (SSSR count). The fourth-order valence-corrected chi connectivity index (χ4v) is 3.84. The van der Waals surface area contributed by atoms with Crippen LogP contribution in [-0.4, -0.2) is 15.0 Å². The van der Waals surface area contributed by atoms with Crippen LogP contribution in [0.1, 0.15) is 18.1 Å². The number of benzene rings is 2. The van der Waals surface area contributed by atoms with E-state index in [2.05, 4.69) is 23.8 Å². The molecule has 0 aliphatic carbocycles. The summed E-state index contributed by atoms with van der Waals surface area (Å²) in [6, 6.07) is 12.5. The van der Waals surface area contributed by atoms with E-state index in [0.29, 0.717) is 18.0 Å². The first-order valence-electron chi connectivity index (χ1n) is 6.95. The first-order chi connectivity index (χ1) is 10.4. The van der Waals surface area contributed by atoms with Crippen molar-refractivity contribution in [1.29, 1.82) is 0 Å². The standard InChI is InChI=1S/C16H17Cl2NO2S/c1-2-12-3-5-13(6-4-12)9-10-19-22(20,21)16-8-7-14(17)11-15(16)18/h3-8,11,19H,2,9-10H2,1H3. The van der Waals surface area contributed by atoms with Gasteiger partial charge in [0.05, 0.1) is 5.02 Å². The molecule has 0 heterocycles. The van der Waals surface area contributed by atoms with E-state index in [1.54, 1.807) is 0 Å². The molecule has 0 saturated heterocycles. The highest BCUT2D eigenvalue weighted by atomic mass is 35.5. The number of nitrogens with one attached hydrogen (secondary N) is 1. The maximum atomic E-state index is 12.2. The Kier molecular flexibility index (Phi) is 5.87. The van der Waals surface area contributed by atoms with Crippen LogP contribution >= 0.6 is 23.2 Å². The first-order valence-corrected chi connectivity index (χ1v) is 9.19. The van der Waals surface area contributed by atoms with Crippen LogP contribution < -0.4 is 4.72 Å². The Morgan fingerprint density at radius 1 is 1.00 bits per heavy atom. The summed E-state index contributed by atoms with van der Waals surface area (Å²) in [6.45, 7) is 2.41. The smallest absolute Gasteiger partial charge is 0.211 e. The summed E-state index contributed by atoms with van der Waals surface area (Å²) in [6.07, 6.45) is 1.61. The van der Waals surface area contributed by atoms with Gasteiger partial charge < -0.3 is 0 Å². The van der Waals surface area contributed by atoms with E-state index in [-0.39, 0.29) is 9.92 Å². The van der Waals surface area contributed by atoms with E-state index in [9.17, 15) is 8.42 Å². The van der Waals surface area contributed by atoms with E-state index >= 15 is 0 Å². The lowest BCUT2D eigenvalue weighted by molar-refractivity contribution is 0.581. The van der Waals surface area contributed by atoms with Crippen molar-refractivity contribution in [3.05, 3.63) is 63.6 Å². The van der Waals surface area contributed by atoms with Crippen molar-refractivity contribution in [1.82, 2.24) is 4.72 Å². The zero-order valence-corrected chi connectivity index (χ0v) is 14.5. The van der Waals surface area contributed by atoms with E-state index in [4.69, 9.17) is 23.2 Å². The normalized spacial score (nSPS) is 11.6. The third-order valence-electron chi connectivity index (χ3n) is 3.32. The highest BCUT2D eigenvalue weighted by Gasteiger charge is 2.17. The molecule has 2 aromatic carbocycles. The second-order valence-electron chi connectivity index (χ2n) is 4.89. The molecule has 0 aliphatic rings. The molecule has 22 heavy (non-hydrogen) atoms. The summed E-state index contributed by atoms with van der Waals surface area (Å²) in [5.41, 5.74) is 2.35. The van der Waals surface area contributed by atoms with Gasteiger partial charge in [0.15, 0.2) is 0 Å². The highest BCUT2D eigenvalue weighted by Crippen LogP contribution is 2.24. The second-order valence-corrected chi connectivity index (χ2v) is 7.47. The van der Waals surface area contributed by atoms with Gasteiger partial charge in [0, 0.05) is 11.6 Å². The first kappa shape index (κ1) is 17.3. The quantitative estimate of drug-likeness (QED) is 0.846. The van der Waals surface area contributed by atoms with Crippen molar-refractivity contribution in [2.45, 2.75) is 24.7 Å². The Hall–Kier alpha value is -1.07. The summed E-state index contributed by atoms with van der Waals surface area (Å²) in [7, 11) is -3.63. The Labute approximate surface area is 141 Å². The number of hydrogen-bond acceptors (Lipinski definition) is 2. The Morgan fingerprint density at radius 2 is 1.64 bits per heavy atom. The zero-order chi connectivity index (χ0) is 16.2. The summed E-state index contributed by atoms with van der Waals surface area (Å²) in [4.78, 5) is 0.0416. The SMILES string of the molecule is CCc1ccc(CCNS(=O)(=O)c2ccc(Cl)cc2Cl)cc1. The predicted octanol–water partition coefficient (Wildman–Crippen LogP) is 4.08. The van der Waals surface area contributed by atoms with Gasteiger partial charge in [-0.3, -0.25) is 0 Å². The lowest BCUT2D eigenvalue weighted by Crippen LogP contribution is -2.26. The van der Waals surface area contributed by atoms with Crippen LogP contribution in [0.2, 0.25) is 10.0 Å². The number of rotatable bonds is 6. The molecule has 0 saturated carbocycles. The van der Waals surface area contributed by atoms with Gasteiger partial charge in [0.25, 0.3) is 0 Å². The van der Waals surface area contributed by atoms with Gasteiger partial charge in [-0.15, -0.1) is 0 Å². The molecule has 0 unspecified atom stereocenters. The number of aryl methyl sites for hydroxylation is 1. The second kappa shape index (κ2) is 7.47. The van der Waals surface area contributed by atoms with Gasteiger partial charge in [0.2, 0.25) is 10.0 Å². The van der Waals surface area contributed by atoms with Crippen LogP contribution in [0.3, 0.4) is 0 Å². The van der Waals surface area contributed by atoms with E-state index < -0.39 is 10.0 Å². The third-order valence-corrected chi connectivity index (χ3v) is 5.50. The molecule has 0 spiro atoms. The minimum absolute atomic E-state index is 0.0416. The van der Waals surface area contributed by atoms with Gasteiger partial charge in [0.1, 0.15) is 4.90 Å². The van der Waals surface area contributed by atoms with Crippen LogP contribution in [0.25, 0.3) is 0 Å². The Morgan fingerprint density at radius 3 is 2.23 bits per heavy atom. The van der Waals surface area contributed by atoms with Crippen LogP contribution in [-0.2, 0) is 22.9 Å². The van der Waals surface area contributed by atoms with Crippen LogP contribution in [0, 0.1) is 0 Å². The lowest BCUT2D eigenvalue weighted by atomic mass is 10.1. The van der Waals surface area contributed by atoms with Crippen LogP contribution in [0.4, 0.5) is 0 Å². The molecule has 1 N–H and O–H groups in total. The topological polar surface area (TPSA) is 46.2 Å². The maximum Gasteiger partial charge on any atom is 0.242 e. The summed E-state index contributed by atoms with van der Waals surface area (Å²) in [5, 5.41) is 0.521. The molecular formula is C16H17Cl2NO2S. The molecule has 0 amide bonds. The molecule has 0 atom stereocenters. The molecule has 0 aliphatic heterocycles. The Bertz CT molecular complexity index is 743. The fraction of sp³-hybridized carbons (Fsp3) is 0.250. The number of sulfonamides is 1. The van der Waals surface area contributed by atoms with Crippen LogP contribution in [0.15, 0.2) is 47.4 Å². The van der Waals surface area contributed by atoms with Gasteiger partial charge in [-0.25, -0.2) is 13.1 Å². The predicted molar refractivity (Wildman–Crippen MR) is 91.2 cm³/mol. The molecule has 6 heteroatoms. The number of hydrogen-bond donors (Lipinski definition) is 1. The summed E-state index contributed by atoms with van der Waals surface area (Å²) >= 11 is 11.7. The monoisotopic (exact) mass is 357 g/mol. The minimum Gasteiger partial charge on any atom is -0.211 e. The molecular weight excluding hydrogens is 341 g/mol. The van der Waals surface area contributed by atoms with Crippen molar-refractivity contribution in [2.75, 3.05) is 6.54 Å². The molecule has 2 aromatic rings. The van der Waals surface area contributed by atoms with Crippen molar-refractivity contribution in [3.63, 3.8) is 0 Å². The highest BCUT2D eigenvalue weighted by molar-refractivity contribution is 7.89. The average molecular weight is 358 g/mol. The van der Waals surface area contributed by atoms with Crippen molar-refractivity contribution >= 4 is 33.2 Å². The lowest BCUT2D eigenvalue weighted by Gasteiger charge is -2.09. The average Bonchev–Trinajstić information content (AvgIpc) is 2.47. The molecule has 0 aromatic heterocycles. The van der Waals surface area contributed by atoms with Gasteiger partial charge in [-0.05, 0) is 42.2 Å². The summed E-state index contributed by atoms with van der Waals surface area (Å²) < 4.78 is 27.0. The molecule has 3 nitrogen and oxygen atoms in total. The van der Waals surface area contributed by atoms with Gasteiger partial charge >= 0.3 is 0 Å². The van der Waals surface area contributed by atoms with E-state index in [1.165, 1.54) is 23.8 Å². The van der Waals surface area contributed by atoms with Gasteiger partial charge in [-0.2, -0.15) is 0 Å². The summed E-state index contributed by atoms with van der Waals surface area (Å²) in [5.74, 6) is 0. The Balaban J connectivity index is 2.00. The fourth-order valence-electron chi connectivity index (χ4n) is 2.04. The van der Waals surface area contributed by atoms with Crippen molar-refractivity contribution < 1.29 is 8.42 Å². The molecule has 0 radical (unpaired) electrons. The number of halogens is 2. The third kappa shape index (κ3) is 4.46.